The summed E-state index contributed by atoms with van der Waals surface area (Å²) in [5.41, 5.74) is 0.130. The van der Waals surface area contributed by atoms with Crippen LogP contribution in [0.4, 0.5) is 4.39 Å². The summed E-state index contributed by atoms with van der Waals surface area (Å²) in [6.45, 7) is 0.778. The van der Waals surface area contributed by atoms with E-state index in [9.17, 15) is 19.1 Å². The monoisotopic (exact) mass is 374 g/mol. The molecule has 1 aliphatic heterocycles. The fourth-order valence-electron chi connectivity index (χ4n) is 2.98. The first-order chi connectivity index (χ1) is 12.4. The summed E-state index contributed by atoms with van der Waals surface area (Å²) in [7, 11) is 3.70. The van der Waals surface area contributed by atoms with Gasteiger partial charge in [0.15, 0.2) is 5.76 Å². The minimum absolute atomic E-state index is 0.0682. The van der Waals surface area contributed by atoms with Gasteiger partial charge in [0.25, 0.3) is 5.91 Å². The Bertz CT molecular complexity index is 861. The normalized spacial score (nSPS) is 17.5. The third-order valence-corrected chi connectivity index (χ3v) is 5.15. The highest BCUT2D eigenvalue weighted by atomic mass is 32.1. The molecular weight excluding hydrogens is 355 g/mol. The van der Waals surface area contributed by atoms with Gasteiger partial charge in [-0.25, -0.2) is 4.39 Å². The number of Topliss-reactive ketones (excluding diaryl/α,β-unsaturated/α-hetero) is 1. The summed E-state index contributed by atoms with van der Waals surface area (Å²) in [6, 6.07) is 8.41. The fraction of sp³-hybridized carbons (Fsp3) is 0.263. The van der Waals surface area contributed by atoms with E-state index in [-0.39, 0.29) is 17.7 Å². The van der Waals surface area contributed by atoms with Crippen molar-refractivity contribution in [3.05, 3.63) is 69.4 Å². The van der Waals surface area contributed by atoms with Gasteiger partial charge in [-0.1, -0.05) is 24.3 Å². The van der Waals surface area contributed by atoms with Crippen LogP contribution in [0.2, 0.25) is 0 Å². The van der Waals surface area contributed by atoms with Gasteiger partial charge >= 0.3 is 0 Å². The van der Waals surface area contributed by atoms with E-state index < -0.39 is 29.3 Å². The predicted molar refractivity (Wildman–Crippen MR) is 97.7 cm³/mol. The third kappa shape index (κ3) is 3.27. The minimum Gasteiger partial charge on any atom is -0.503 e. The largest absolute Gasteiger partial charge is 0.503 e. The van der Waals surface area contributed by atoms with Crippen LogP contribution in [-0.4, -0.2) is 53.8 Å². The van der Waals surface area contributed by atoms with Gasteiger partial charge in [-0.2, -0.15) is 0 Å². The second-order valence-corrected chi connectivity index (χ2v) is 7.24. The van der Waals surface area contributed by atoms with Crippen molar-refractivity contribution >= 4 is 23.0 Å². The average Bonchev–Trinajstić information content (AvgIpc) is 3.22. The molecule has 1 amide bonds. The fourth-order valence-corrected chi connectivity index (χ4v) is 3.66. The summed E-state index contributed by atoms with van der Waals surface area (Å²) < 4.78 is 14.5. The summed E-state index contributed by atoms with van der Waals surface area (Å²) in [5.74, 6) is -2.23. The highest BCUT2D eigenvalue weighted by molar-refractivity contribution is 7.12. The maximum absolute atomic E-state index is 14.5. The standard InChI is InChI=1S/C19H19FN2O3S/c1-21(2)9-10-22-16(12-6-3-4-7-13(12)20)15(18(24)19(22)25)17(23)14-8-5-11-26-14/h3-8,11,16,24H,9-10H2,1-2H3. The van der Waals surface area contributed by atoms with Gasteiger partial charge in [0, 0.05) is 18.7 Å². The molecule has 0 bridgehead atoms. The lowest BCUT2D eigenvalue weighted by molar-refractivity contribution is -0.129. The van der Waals surface area contributed by atoms with Crippen LogP contribution in [0.25, 0.3) is 0 Å². The van der Waals surface area contributed by atoms with E-state index in [0.29, 0.717) is 11.4 Å². The van der Waals surface area contributed by atoms with Crippen molar-refractivity contribution in [2.24, 2.45) is 0 Å². The predicted octanol–water partition coefficient (Wildman–Crippen LogP) is 3.03. The number of hydrogen-bond donors (Lipinski definition) is 1. The van der Waals surface area contributed by atoms with E-state index in [1.165, 1.54) is 28.4 Å². The molecule has 1 atom stereocenters. The van der Waals surface area contributed by atoms with Gasteiger partial charge < -0.3 is 14.9 Å². The number of halogens is 1. The summed E-state index contributed by atoms with van der Waals surface area (Å²) in [4.78, 5) is 29.2. The molecule has 2 aromatic rings. The molecule has 0 fully saturated rings. The molecule has 1 aromatic heterocycles. The van der Waals surface area contributed by atoms with Crippen LogP contribution < -0.4 is 0 Å². The Hall–Kier alpha value is -2.51. The quantitative estimate of drug-likeness (QED) is 0.790. The summed E-state index contributed by atoms with van der Waals surface area (Å²) in [5, 5.41) is 12.2. The molecule has 2 heterocycles. The molecule has 1 N–H and O–H groups in total. The molecule has 0 radical (unpaired) electrons. The van der Waals surface area contributed by atoms with E-state index >= 15 is 0 Å². The van der Waals surface area contributed by atoms with E-state index in [4.69, 9.17) is 0 Å². The molecule has 0 aliphatic carbocycles. The second kappa shape index (κ2) is 7.39. The van der Waals surface area contributed by atoms with Crippen molar-refractivity contribution in [3.8, 4) is 0 Å². The molecular formula is C19H19FN2O3S. The van der Waals surface area contributed by atoms with Crippen molar-refractivity contribution in [2.45, 2.75) is 6.04 Å². The number of amides is 1. The van der Waals surface area contributed by atoms with Crippen LogP contribution in [0, 0.1) is 5.82 Å². The van der Waals surface area contributed by atoms with E-state index in [1.807, 2.05) is 19.0 Å². The molecule has 26 heavy (non-hydrogen) atoms. The number of aliphatic hydroxyl groups excluding tert-OH is 1. The number of likely N-dealkylation sites (N-methyl/N-ethyl adjacent to an activating group) is 1. The average molecular weight is 374 g/mol. The van der Waals surface area contributed by atoms with Gasteiger partial charge in [0.05, 0.1) is 16.5 Å². The SMILES string of the molecule is CN(C)CCN1C(=O)C(O)=C(C(=O)c2cccs2)C1c1ccccc1F. The van der Waals surface area contributed by atoms with E-state index in [0.717, 1.165) is 0 Å². The number of nitrogens with zero attached hydrogens (tertiary/aromatic N) is 2. The number of aliphatic hydroxyl groups is 1. The third-order valence-electron chi connectivity index (χ3n) is 4.28. The molecule has 136 valence electrons. The van der Waals surface area contributed by atoms with Crippen LogP contribution in [0.15, 0.2) is 53.1 Å². The zero-order valence-electron chi connectivity index (χ0n) is 14.5. The number of benzene rings is 1. The minimum atomic E-state index is -0.946. The topological polar surface area (TPSA) is 60.9 Å². The molecule has 5 nitrogen and oxygen atoms in total. The van der Waals surface area contributed by atoms with Crippen LogP contribution in [0.1, 0.15) is 21.3 Å². The lowest BCUT2D eigenvalue weighted by Gasteiger charge is -2.28. The van der Waals surface area contributed by atoms with Gasteiger partial charge in [-0.3, -0.25) is 9.59 Å². The maximum Gasteiger partial charge on any atom is 0.290 e. The number of ketones is 1. The van der Waals surface area contributed by atoms with Gasteiger partial charge in [-0.05, 0) is 31.6 Å². The van der Waals surface area contributed by atoms with Crippen LogP contribution >= 0.6 is 11.3 Å². The smallest absolute Gasteiger partial charge is 0.290 e. The van der Waals surface area contributed by atoms with Crippen molar-refractivity contribution in [1.82, 2.24) is 9.80 Å². The van der Waals surface area contributed by atoms with Gasteiger partial charge in [-0.15, -0.1) is 11.3 Å². The van der Waals surface area contributed by atoms with E-state index in [1.54, 1.807) is 29.6 Å². The first kappa shape index (κ1) is 18.3. The Morgan fingerprint density at radius 1 is 1.27 bits per heavy atom. The first-order valence-electron chi connectivity index (χ1n) is 8.13. The van der Waals surface area contributed by atoms with Crippen LogP contribution in [0.3, 0.4) is 0 Å². The Balaban J connectivity index is 2.08. The molecule has 1 unspecified atom stereocenters. The number of hydrogen-bond acceptors (Lipinski definition) is 5. The Labute approximate surface area is 155 Å². The molecule has 1 aliphatic rings. The van der Waals surface area contributed by atoms with Gasteiger partial charge in [0.2, 0.25) is 5.78 Å². The molecule has 7 heteroatoms. The second-order valence-electron chi connectivity index (χ2n) is 6.29. The number of carbonyl (C=O) groups is 2. The molecule has 0 saturated heterocycles. The zero-order chi connectivity index (χ0) is 18.8. The first-order valence-corrected chi connectivity index (χ1v) is 9.01. The molecule has 3 rings (SSSR count). The zero-order valence-corrected chi connectivity index (χ0v) is 15.3. The number of rotatable bonds is 6. The van der Waals surface area contributed by atoms with Crippen LogP contribution in [-0.2, 0) is 4.79 Å². The van der Waals surface area contributed by atoms with Gasteiger partial charge in [0.1, 0.15) is 5.82 Å². The highest BCUT2D eigenvalue weighted by Gasteiger charge is 2.44. The lowest BCUT2D eigenvalue weighted by atomic mass is 9.95. The van der Waals surface area contributed by atoms with Crippen molar-refractivity contribution in [3.63, 3.8) is 0 Å². The highest BCUT2D eigenvalue weighted by Crippen LogP contribution is 2.40. The Morgan fingerprint density at radius 2 is 2.00 bits per heavy atom. The molecule has 1 aromatic carbocycles. The van der Waals surface area contributed by atoms with Crippen molar-refractivity contribution < 1.29 is 19.1 Å². The van der Waals surface area contributed by atoms with Crippen molar-refractivity contribution in [2.75, 3.05) is 27.2 Å². The lowest BCUT2D eigenvalue weighted by Crippen LogP contribution is -2.37. The Morgan fingerprint density at radius 3 is 2.62 bits per heavy atom. The molecule has 0 spiro atoms. The summed E-state index contributed by atoms with van der Waals surface area (Å²) in [6.07, 6.45) is 0. The molecule has 0 saturated carbocycles. The maximum atomic E-state index is 14.5. The van der Waals surface area contributed by atoms with E-state index in [2.05, 4.69) is 0 Å². The Kier molecular flexibility index (Phi) is 5.20. The number of thiophene rings is 1. The number of carbonyl (C=O) groups excluding carboxylic acids is 2. The summed E-state index contributed by atoms with van der Waals surface area (Å²) >= 11 is 1.22. The van der Waals surface area contributed by atoms with Crippen LogP contribution in [0.5, 0.6) is 0 Å². The van der Waals surface area contributed by atoms with Crippen molar-refractivity contribution in [1.29, 1.82) is 0 Å².